The fourth-order valence-corrected chi connectivity index (χ4v) is 5.01. The highest BCUT2D eigenvalue weighted by Crippen LogP contribution is 2.62. The van der Waals surface area contributed by atoms with Crippen LogP contribution in [0.2, 0.25) is 0 Å². The van der Waals surface area contributed by atoms with Gasteiger partial charge in [-0.1, -0.05) is 36.8 Å². The summed E-state index contributed by atoms with van der Waals surface area (Å²) in [7, 11) is 0. The Hall–Kier alpha value is -1.76. The highest BCUT2D eigenvalue weighted by atomic mass is 16.6. The van der Waals surface area contributed by atoms with Gasteiger partial charge >= 0.3 is 5.97 Å². The monoisotopic (exact) mass is 418 g/mol. The SMILES string of the molecule is CCOC(=O)COCCCC[C@@H]1C(=O)CC2C(C(O)C(O)CCc3ccccc3)C21. The molecule has 0 bridgehead atoms. The van der Waals surface area contributed by atoms with E-state index < -0.39 is 12.2 Å². The Morgan fingerprint density at radius 3 is 2.70 bits per heavy atom. The molecule has 0 radical (unpaired) electrons. The molecule has 6 atom stereocenters. The van der Waals surface area contributed by atoms with Crippen LogP contribution in [0.15, 0.2) is 30.3 Å². The number of benzene rings is 1. The third-order valence-electron chi connectivity index (χ3n) is 6.55. The van der Waals surface area contributed by atoms with E-state index in [9.17, 15) is 19.8 Å². The van der Waals surface area contributed by atoms with Crippen LogP contribution in [0.3, 0.4) is 0 Å². The molecule has 0 amide bonds. The average molecular weight is 419 g/mol. The normalized spacial score (nSPS) is 26.8. The van der Waals surface area contributed by atoms with Gasteiger partial charge < -0.3 is 19.7 Å². The molecule has 6 nitrogen and oxygen atoms in total. The summed E-state index contributed by atoms with van der Waals surface area (Å²) < 4.78 is 10.1. The second-order valence-electron chi connectivity index (χ2n) is 8.53. The minimum Gasteiger partial charge on any atom is -0.464 e. The minimum atomic E-state index is -0.757. The Kier molecular flexibility index (Phi) is 8.42. The van der Waals surface area contributed by atoms with Crippen molar-refractivity contribution >= 4 is 11.8 Å². The van der Waals surface area contributed by atoms with Crippen LogP contribution in [0, 0.1) is 23.7 Å². The quantitative estimate of drug-likeness (QED) is 0.378. The van der Waals surface area contributed by atoms with E-state index in [-0.39, 0.29) is 36.2 Å². The summed E-state index contributed by atoms with van der Waals surface area (Å²) in [6.45, 7) is 2.55. The zero-order valence-corrected chi connectivity index (χ0v) is 17.7. The van der Waals surface area contributed by atoms with Gasteiger partial charge in [-0.15, -0.1) is 0 Å². The zero-order valence-electron chi connectivity index (χ0n) is 17.7. The molecule has 0 aromatic heterocycles. The lowest BCUT2D eigenvalue weighted by Crippen LogP contribution is -2.32. The fourth-order valence-electron chi connectivity index (χ4n) is 5.01. The van der Waals surface area contributed by atoms with E-state index >= 15 is 0 Å². The standard InChI is InChI=1S/C24H34O6/c1-2-30-21(27)15-29-13-7-6-10-17-20(26)14-18-22(17)23(18)24(28)19(25)12-11-16-8-4-3-5-9-16/h3-5,8-9,17-19,22-25,28H,2,6-7,10-15H2,1H3/t17-,18?,19?,22?,23?,24?/m1/s1. The Labute approximate surface area is 178 Å². The van der Waals surface area contributed by atoms with Crippen LogP contribution in [0.25, 0.3) is 0 Å². The molecule has 2 N–H and O–H groups in total. The van der Waals surface area contributed by atoms with Gasteiger partial charge in [0.05, 0.1) is 18.8 Å². The van der Waals surface area contributed by atoms with E-state index in [0.29, 0.717) is 31.8 Å². The molecule has 2 aliphatic carbocycles. The van der Waals surface area contributed by atoms with Gasteiger partial charge in [-0.25, -0.2) is 4.79 Å². The predicted molar refractivity (Wildman–Crippen MR) is 112 cm³/mol. The number of esters is 1. The highest BCUT2D eigenvalue weighted by Gasteiger charge is 2.64. The summed E-state index contributed by atoms with van der Waals surface area (Å²) in [5, 5.41) is 21.1. The van der Waals surface area contributed by atoms with Gasteiger partial charge in [0.2, 0.25) is 0 Å². The lowest BCUT2D eigenvalue weighted by Gasteiger charge is -2.21. The third-order valence-corrected chi connectivity index (χ3v) is 6.55. The third kappa shape index (κ3) is 5.90. The van der Waals surface area contributed by atoms with E-state index in [2.05, 4.69) is 0 Å². The van der Waals surface area contributed by atoms with E-state index in [1.807, 2.05) is 30.3 Å². The van der Waals surface area contributed by atoms with Gasteiger partial charge in [-0.2, -0.15) is 0 Å². The van der Waals surface area contributed by atoms with Crippen molar-refractivity contribution in [1.82, 2.24) is 0 Å². The molecule has 0 saturated heterocycles. The number of unbranched alkanes of at least 4 members (excludes halogenated alkanes) is 1. The first-order valence-corrected chi connectivity index (χ1v) is 11.2. The first-order chi connectivity index (χ1) is 14.5. The zero-order chi connectivity index (χ0) is 21.5. The maximum absolute atomic E-state index is 12.3. The molecule has 2 aliphatic rings. The Balaban J connectivity index is 1.36. The number of hydrogen-bond acceptors (Lipinski definition) is 6. The number of rotatable bonds is 13. The number of ether oxygens (including phenoxy) is 2. The second-order valence-corrected chi connectivity index (χ2v) is 8.53. The van der Waals surface area contributed by atoms with E-state index in [1.165, 1.54) is 0 Å². The molecule has 2 saturated carbocycles. The summed E-state index contributed by atoms with van der Waals surface area (Å²) >= 11 is 0. The topological polar surface area (TPSA) is 93.1 Å². The summed E-state index contributed by atoms with van der Waals surface area (Å²) in [6.07, 6.45) is 2.69. The predicted octanol–water partition coefficient (Wildman–Crippen LogP) is 2.54. The maximum atomic E-state index is 12.3. The first kappa shape index (κ1) is 22.9. The van der Waals surface area contributed by atoms with Crippen molar-refractivity contribution in [1.29, 1.82) is 0 Å². The minimum absolute atomic E-state index is 0.0129. The van der Waals surface area contributed by atoms with Crippen LogP contribution in [-0.2, 0) is 25.5 Å². The summed E-state index contributed by atoms with van der Waals surface area (Å²) in [4.78, 5) is 23.5. The van der Waals surface area contributed by atoms with Crippen LogP contribution >= 0.6 is 0 Å². The summed E-state index contributed by atoms with van der Waals surface area (Å²) in [5.74, 6) is 0.398. The molecule has 0 aliphatic heterocycles. The van der Waals surface area contributed by atoms with E-state index in [4.69, 9.17) is 9.47 Å². The van der Waals surface area contributed by atoms with Crippen molar-refractivity contribution in [2.45, 2.75) is 57.7 Å². The lowest BCUT2D eigenvalue weighted by molar-refractivity contribution is -0.148. The molecule has 30 heavy (non-hydrogen) atoms. The van der Waals surface area contributed by atoms with Crippen molar-refractivity contribution in [3.63, 3.8) is 0 Å². The van der Waals surface area contributed by atoms with Crippen molar-refractivity contribution in [3.05, 3.63) is 35.9 Å². The van der Waals surface area contributed by atoms with Crippen LogP contribution in [0.4, 0.5) is 0 Å². The Morgan fingerprint density at radius 1 is 1.20 bits per heavy atom. The van der Waals surface area contributed by atoms with E-state index in [0.717, 1.165) is 31.2 Å². The molecular weight excluding hydrogens is 384 g/mol. The number of aryl methyl sites for hydroxylation is 1. The number of aliphatic hydroxyl groups is 2. The van der Waals surface area contributed by atoms with Gasteiger partial charge in [0.1, 0.15) is 12.4 Å². The fraction of sp³-hybridized carbons (Fsp3) is 0.667. The largest absolute Gasteiger partial charge is 0.464 e. The van der Waals surface area contributed by atoms with Crippen LogP contribution in [0.1, 0.15) is 44.6 Å². The molecule has 3 rings (SSSR count). The molecule has 5 unspecified atom stereocenters. The first-order valence-electron chi connectivity index (χ1n) is 11.2. The van der Waals surface area contributed by atoms with Crippen molar-refractivity contribution in [2.75, 3.05) is 19.8 Å². The number of carbonyl (C=O) groups excluding carboxylic acids is 2. The molecule has 2 fully saturated rings. The molecule has 1 aromatic rings. The number of carbonyl (C=O) groups is 2. The van der Waals surface area contributed by atoms with Crippen molar-refractivity contribution in [2.24, 2.45) is 23.7 Å². The van der Waals surface area contributed by atoms with Gasteiger partial charge in [0.25, 0.3) is 0 Å². The van der Waals surface area contributed by atoms with Gasteiger partial charge in [-0.3, -0.25) is 4.79 Å². The Morgan fingerprint density at radius 2 is 1.97 bits per heavy atom. The van der Waals surface area contributed by atoms with E-state index in [1.54, 1.807) is 6.92 Å². The summed E-state index contributed by atoms with van der Waals surface area (Å²) in [6, 6.07) is 9.96. The average Bonchev–Trinajstić information content (AvgIpc) is 3.34. The van der Waals surface area contributed by atoms with Gasteiger partial charge in [0, 0.05) is 18.9 Å². The smallest absolute Gasteiger partial charge is 0.332 e. The molecular formula is C24H34O6. The lowest BCUT2D eigenvalue weighted by atomic mass is 9.89. The number of Topliss-reactive ketones (excluding diaryl/α,β-unsaturated/α-hetero) is 1. The van der Waals surface area contributed by atoms with Crippen molar-refractivity contribution < 1.29 is 29.3 Å². The number of hydrogen-bond donors (Lipinski definition) is 2. The molecule has 166 valence electrons. The molecule has 0 spiro atoms. The molecule has 6 heteroatoms. The molecule has 0 heterocycles. The van der Waals surface area contributed by atoms with Crippen molar-refractivity contribution in [3.8, 4) is 0 Å². The maximum Gasteiger partial charge on any atom is 0.332 e. The molecule has 1 aromatic carbocycles. The van der Waals surface area contributed by atoms with Crippen LogP contribution in [-0.4, -0.2) is 54.0 Å². The van der Waals surface area contributed by atoms with Gasteiger partial charge in [-0.05, 0) is 55.9 Å². The van der Waals surface area contributed by atoms with Crippen LogP contribution < -0.4 is 0 Å². The number of fused-ring (bicyclic) bond motifs is 1. The number of aliphatic hydroxyl groups excluding tert-OH is 2. The van der Waals surface area contributed by atoms with Crippen LogP contribution in [0.5, 0.6) is 0 Å². The van der Waals surface area contributed by atoms with Gasteiger partial charge in [0.15, 0.2) is 0 Å². The highest BCUT2D eigenvalue weighted by molar-refractivity contribution is 5.85. The number of ketones is 1. The Bertz CT molecular complexity index is 690. The summed E-state index contributed by atoms with van der Waals surface area (Å²) in [5.41, 5.74) is 1.15. The second kappa shape index (κ2) is 11.0.